The second-order valence-electron chi connectivity index (χ2n) is 10.9. The van der Waals surface area contributed by atoms with Crippen LogP contribution in [-0.2, 0) is 32.6 Å². The molecule has 3 aromatic carbocycles. The molecule has 1 fully saturated rings. The van der Waals surface area contributed by atoms with Crippen LogP contribution in [0.5, 0.6) is 0 Å². The minimum absolute atomic E-state index is 0.0683. The van der Waals surface area contributed by atoms with Crippen LogP contribution in [-0.4, -0.2) is 50.0 Å². The van der Waals surface area contributed by atoms with E-state index >= 15 is 0 Å². The number of nitrogens with zero attached hydrogens (tertiary/aromatic N) is 2. The van der Waals surface area contributed by atoms with Gasteiger partial charge in [-0.05, 0) is 55.5 Å². The molecule has 0 heterocycles. The van der Waals surface area contributed by atoms with Gasteiger partial charge >= 0.3 is 0 Å². The quantitative estimate of drug-likeness (QED) is 0.321. The Labute approximate surface area is 248 Å². The van der Waals surface area contributed by atoms with Crippen molar-refractivity contribution in [3.05, 3.63) is 100 Å². The lowest BCUT2D eigenvalue weighted by Gasteiger charge is -2.34. The number of sulfonamides is 1. The SMILES string of the molecule is Cc1ccc(CN(C(=O)CN(c2cc(Cl)ccc2C)S(C)(=O)=O)[C@H](Cc2ccccc2)C(=O)NC2CCCC2)cc1. The molecule has 0 aromatic heterocycles. The van der Waals surface area contributed by atoms with Crippen molar-refractivity contribution in [2.75, 3.05) is 17.1 Å². The molecule has 3 aromatic rings. The van der Waals surface area contributed by atoms with Gasteiger partial charge in [0.25, 0.3) is 0 Å². The summed E-state index contributed by atoms with van der Waals surface area (Å²) >= 11 is 6.22. The maximum atomic E-state index is 14.2. The summed E-state index contributed by atoms with van der Waals surface area (Å²) in [5.41, 5.74) is 3.83. The topological polar surface area (TPSA) is 86.8 Å². The number of benzene rings is 3. The van der Waals surface area contributed by atoms with E-state index in [9.17, 15) is 18.0 Å². The van der Waals surface area contributed by atoms with E-state index in [2.05, 4.69) is 5.32 Å². The van der Waals surface area contributed by atoms with Gasteiger partial charge in [-0.1, -0.05) is 90.7 Å². The second kappa shape index (κ2) is 13.5. The number of hydrogen-bond acceptors (Lipinski definition) is 4. The molecule has 0 unspecified atom stereocenters. The number of carbonyl (C=O) groups is 2. The molecule has 0 aliphatic heterocycles. The molecule has 7 nitrogen and oxygen atoms in total. The molecule has 0 radical (unpaired) electrons. The zero-order valence-electron chi connectivity index (χ0n) is 23.8. The molecule has 2 amide bonds. The fourth-order valence-corrected chi connectivity index (χ4v) is 6.32. The predicted molar refractivity (Wildman–Crippen MR) is 164 cm³/mol. The molecule has 0 spiro atoms. The molecule has 1 N–H and O–H groups in total. The first-order valence-electron chi connectivity index (χ1n) is 13.9. The van der Waals surface area contributed by atoms with Gasteiger partial charge in [0.05, 0.1) is 11.9 Å². The average molecular weight is 596 g/mol. The summed E-state index contributed by atoms with van der Waals surface area (Å²) < 4.78 is 27.1. The number of amides is 2. The highest BCUT2D eigenvalue weighted by atomic mass is 35.5. The monoisotopic (exact) mass is 595 g/mol. The molecule has 0 saturated heterocycles. The van der Waals surface area contributed by atoms with Gasteiger partial charge in [-0.15, -0.1) is 0 Å². The lowest BCUT2D eigenvalue weighted by Crippen LogP contribution is -2.54. The van der Waals surface area contributed by atoms with E-state index in [4.69, 9.17) is 11.6 Å². The van der Waals surface area contributed by atoms with Crippen LogP contribution in [0, 0.1) is 13.8 Å². The molecule has 9 heteroatoms. The minimum Gasteiger partial charge on any atom is -0.352 e. The Morgan fingerprint density at radius 3 is 2.24 bits per heavy atom. The van der Waals surface area contributed by atoms with Crippen LogP contribution in [0.4, 0.5) is 5.69 Å². The molecule has 218 valence electrons. The Hall–Kier alpha value is -3.36. The van der Waals surface area contributed by atoms with Crippen LogP contribution >= 0.6 is 11.6 Å². The molecule has 1 aliphatic rings. The second-order valence-corrected chi connectivity index (χ2v) is 13.2. The first kappa shape index (κ1) is 30.6. The molecular weight excluding hydrogens is 558 g/mol. The highest BCUT2D eigenvalue weighted by molar-refractivity contribution is 7.92. The van der Waals surface area contributed by atoms with Crippen molar-refractivity contribution in [1.82, 2.24) is 10.2 Å². The van der Waals surface area contributed by atoms with Crippen LogP contribution in [0.15, 0.2) is 72.8 Å². The molecule has 41 heavy (non-hydrogen) atoms. The van der Waals surface area contributed by atoms with Gasteiger partial charge in [0, 0.05) is 24.0 Å². The van der Waals surface area contributed by atoms with E-state index in [1.807, 2.05) is 61.5 Å². The first-order chi connectivity index (χ1) is 19.5. The number of hydrogen-bond donors (Lipinski definition) is 1. The third-order valence-electron chi connectivity index (χ3n) is 7.57. The van der Waals surface area contributed by atoms with Crippen LogP contribution in [0.25, 0.3) is 0 Å². The Morgan fingerprint density at radius 2 is 1.61 bits per heavy atom. The van der Waals surface area contributed by atoms with Crippen LogP contribution in [0.2, 0.25) is 5.02 Å². The third kappa shape index (κ3) is 8.33. The normalized spacial score (nSPS) is 14.4. The maximum Gasteiger partial charge on any atom is 0.244 e. The van der Waals surface area contributed by atoms with Crippen molar-refractivity contribution in [2.24, 2.45) is 0 Å². The van der Waals surface area contributed by atoms with Crippen LogP contribution in [0.3, 0.4) is 0 Å². The highest BCUT2D eigenvalue weighted by Gasteiger charge is 2.34. The van der Waals surface area contributed by atoms with E-state index in [1.54, 1.807) is 25.1 Å². The number of anilines is 1. The number of carbonyl (C=O) groups excluding carboxylic acids is 2. The molecule has 1 atom stereocenters. The Bertz CT molecular complexity index is 1460. The Balaban J connectivity index is 1.74. The van der Waals surface area contributed by atoms with Gasteiger partial charge in [-0.25, -0.2) is 8.42 Å². The van der Waals surface area contributed by atoms with Crippen molar-refractivity contribution < 1.29 is 18.0 Å². The fraction of sp³-hybridized carbons (Fsp3) is 0.375. The number of halogens is 1. The van der Waals surface area contributed by atoms with E-state index in [-0.39, 0.29) is 18.5 Å². The van der Waals surface area contributed by atoms with Gasteiger partial charge in [-0.2, -0.15) is 0 Å². The summed E-state index contributed by atoms with van der Waals surface area (Å²) in [4.78, 5) is 29.6. The number of aryl methyl sites for hydroxylation is 2. The molecular formula is C32H38ClN3O4S. The lowest BCUT2D eigenvalue weighted by molar-refractivity contribution is -0.140. The molecule has 4 rings (SSSR count). The minimum atomic E-state index is -3.86. The maximum absolute atomic E-state index is 14.2. The largest absolute Gasteiger partial charge is 0.352 e. The van der Waals surface area contributed by atoms with Gasteiger partial charge < -0.3 is 10.2 Å². The smallest absolute Gasteiger partial charge is 0.244 e. The first-order valence-corrected chi connectivity index (χ1v) is 16.2. The van der Waals surface area contributed by atoms with Gasteiger partial charge in [-0.3, -0.25) is 13.9 Å². The zero-order valence-corrected chi connectivity index (χ0v) is 25.4. The third-order valence-corrected chi connectivity index (χ3v) is 8.93. The van der Waals surface area contributed by atoms with Crippen LogP contribution in [0.1, 0.15) is 47.9 Å². The standard InChI is InChI=1S/C32H38ClN3O4S/c1-23-13-16-26(17-14-23)21-35(31(37)22-36(41(3,39)40)29-20-27(33)18-15-24(29)2)30(19-25-9-5-4-6-10-25)32(38)34-28-11-7-8-12-28/h4-6,9-10,13-18,20,28,30H,7-8,11-12,19,21-22H2,1-3H3,(H,34,38)/t30-/m1/s1. The number of nitrogens with one attached hydrogen (secondary N) is 1. The van der Waals surface area contributed by atoms with Crippen molar-refractivity contribution in [2.45, 2.75) is 64.6 Å². The van der Waals surface area contributed by atoms with Gasteiger partial charge in [0.2, 0.25) is 21.8 Å². The lowest BCUT2D eigenvalue weighted by atomic mass is 10.0. The van der Waals surface area contributed by atoms with E-state index < -0.39 is 28.5 Å². The van der Waals surface area contributed by atoms with E-state index in [0.717, 1.165) is 52.9 Å². The summed E-state index contributed by atoms with van der Waals surface area (Å²) in [6, 6.07) is 21.5. The molecule has 0 bridgehead atoms. The van der Waals surface area contributed by atoms with E-state index in [0.29, 0.717) is 22.7 Å². The molecule has 1 aliphatic carbocycles. The Kier molecular flexibility index (Phi) is 10.1. The predicted octanol–water partition coefficient (Wildman–Crippen LogP) is 5.42. The van der Waals surface area contributed by atoms with Crippen molar-refractivity contribution in [3.8, 4) is 0 Å². The van der Waals surface area contributed by atoms with Crippen molar-refractivity contribution in [1.29, 1.82) is 0 Å². The highest BCUT2D eigenvalue weighted by Crippen LogP contribution is 2.27. The zero-order chi connectivity index (χ0) is 29.6. The summed E-state index contributed by atoms with van der Waals surface area (Å²) in [7, 11) is -3.86. The van der Waals surface area contributed by atoms with E-state index in [1.165, 1.54) is 4.90 Å². The number of rotatable bonds is 11. The molecule has 1 saturated carbocycles. The Morgan fingerprint density at radius 1 is 0.951 bits per heavy atom. The summed E-state index contributed by atoms with van der Waals surface area (Å²) in [5.74, 6) is -0.705. The van der Waals surface area contributed by atoms with Crippen molar-refractivity contribution >= 4 is 39.1 Å². The fourth-order valence-electron chi connectivity index (χ4n) is 5.26. The van der Waals surface area contributed by atoms with Crippen molar-refractivity contribution in [3.63, 3.8) is 0 Å². The summed E-state index contributed by atoms with van der Waals surface area (Å²) in [5, 5.41) is 3.54. The average Bonchev–Trinajstić information content (AvgIpc) is 3.44. The van der Waals surface area contributed by atoms with Gasteiger partial charge in [0.1, 0.15) is 12.6 Å². The summed E-state index contributed by atoms with van der Waals surface area (Å²) in [6.45, 7) is 3.44. The van der Waals surface area contributed by atoms with Crippen LogP contribution < -0.4 is 9.62 Å². The van der Waals surface area contributed by atoms with Gasteiger partial charge in [0.15, 0.2) is 0 Å². The summed E-state index contributed by atoms with van der Waals surface area (Å²) in [6.07, 6.45) is 5.30.